The summed E-state index contributed by atoms with van der Waals surface area (Å²) < 4.78 is 8.98. The van der Waals surface area contributed by atoms with Gasteiger partial charge in [0.1, 0.15) is 0 Å². The summed E-state index contributed by atoms with van der Waals surface area (Å²) in [6.07, 6.45) is 5.67. The zero-order chi connectivity index (χ0) is 12.3. The standard InChI is InChI=1S/C12H20BrN3O/c1-3-16-12(9(13)8-15-16)11(14-2)10-6-4-5-7-17-10/h8,10-11,14H,3-7H2,1-2H3. The third-order valence-corrected chi connectivity index (χ3v) is 3.94. The van der Waals surface area contributed by atoms with Crippen LogP contribution in [0.4, 0.5) is 0 Å². The average molecular weight is 302 g/mol. The highest BCUT2D eigenvalue weighted by atomic mass is 79.9. The van der Waals surface area contributed by atoms with Gasteiger partial charge in [0.2, 0.25) is 0 Å². The van der Waals surface area contributed by atoms with E-state index in [1.54, 1.807) is 0 Å². The summed E-state index contributed by atoms with van der Waals surface area (Å²) >= 11 is 3.59. The maximum absolute atomic E-state index is 5.88. The van der Waals surface area contributed by atoms with Crippen molar-refractivity contribution in [3.8, 4) is 0 Å². The van der Waals surface area contributed by atoms with Crippen LogP contribution in [-0.4, -0.2) is 29.5 Å². The molecule has 0 spiro atoms. The first-order valence-corrected chi connectivity index (χ1v) is 7.07. The molecule has 4 nitrogen and oxygen atoms in total. The van der Waals surface area contributed by atoms with Crippen LogP contribution in [-0.2, 0) is 11.3 Å². The third-order valence-electron chi connectivity index (χ3n) is 3.33. The van der Waals surface area contributed by atoms with Crippen molar-refractivity contribution in [1.82, 2.24) is 15.1 Å². The molecule has 1 aromatic heterocycles. The predicted molar refractivity (Wildman–Crippen MR) is 71.0 cm³/mol. The van der Waals surface area contributed by atoms with E-state index in [2.05, 4.69) is 33.3 Å². The lowest BCUT2D eigenvalue weighted by molar-refractivity contribution is -0.00852. The Kier molecular flexibility index (Phi) is 4.59. The lowest BCUT2D eigenvalue weighted by atomic mass is 9.99. The molecular weight excluding hydrogens is 282 g/mol. The molecule has 1 aliphatic heterocycles. The summed E-state index contributed by atoms with van der Waals surface area (Å²) in [6.45, 7) is 3.87. The molecule has 1 N–H and O–H groups in total. The largest absolute Gasteiger partial charge is 0.376 e. The second-order valence-corrected chi connectivity index (χ2v) is 5.22. The molecule has 2 atom stereocenters. The van der Waals surface area contributed by atoms with Crippen LogP contribution in [0, 0.1) is 0 Å². The first kappa shape index (κ1) is 13.1. The average Bonchev–Trinajstić information content (AvgIpc) is 2.74. The SMILES string of the molecule is CCn1ncc(Br)c1C(NC)C1CCCCO1. The number of aryl methyl sites for hydroxylation is 1. The fraction of sp³-hybridized carbons (Fsp3) is 0.750. The fourth-order valence-corrected chi connectivity index (χ4v) is 3.00. The van der Waals surface area contributed by atoms with Gasteiger partial charge in [0.25, 0.3) is 0 Å². The Morgan fingerprint density at radius 1 is 1.65 bits per heavy atom. The Balaban J connectivity index is 2.23. The Bertz CT molecular complexity index is 361. The second kappa shape index (κ2) is 5.98. The van der Waals surface area contributed by atoms with E-state index in [0.717, 1.165) is 24.0 Å². The van der Waals surface area contributed by atoms with E-state index in [1.165, 1.54) is 18.5 Å². The number of halogens is 1. The van der Waals surface area contributed by atoms with Gasteiger partial charge in [-0.3, -0.25) is 4.68 Å². The molecule has 96 valence electrons. The molecule has 1 saturated heterocycles. The number of nitrogens with one attached hydrogen (secondary N) is 1. The van der Waals surface area contributed by atoms with Gasteiger partial charge in [0.05, 0.1) is 28.5 Å². The number of ether oxygens (including phenoxy) is 1. The van der Waals surface area contributed by atoms with Crippen LogP contribution >= 0.6 is 15.9 Å². The highest BCUT2D eigenvalue weighted by Gasteiger charge is 2.28. The quantitative estimate of drug-likeness (QED) is 0.929. The number of hydrogen-bond acceptors (Lipinski definition) is 3. The number of likely N-dealkylation sites (N-methyl/N-ethyl adjacent to an activating group) is 1. The summed E-state index contributed by atoms with van der Waals surface area (Å²) in [5, 5.41) is 7.75. The summed E-state index contributed by atoms with van der Waals surface area (Å²) in [5.41, 5.74) is 1.20. The lowest BCUT2D eigenvalue weighted by Gasteiger charge is -2.30. The van der Waals surface area contributed by atoms with Crippen molar-refractivity contribution in [2.24, 2.45) is 0 Å². The maximum atomic E-state index is 5.88. The zero-order valence-electron chi connectivity index (χ0n) is 10.4. The molecule has 1 aliphatic rings. The van der Waals surface area contributed by atoms with E-state index in [4.69, 9.17) is 4.74 Å². The molecule has 0 saturated carbocycles. The Morgan fingerprint density at radius 2 is 2.47 bits per heavy atom. The van der Waals surface area contributed by atoms with Crippen LogP contribution in [0.15, 0.2) is 10.7 Å². The van der Waals surface area contributed by atoms with E-state index >= 15 is 0 Å². The number of hydrogen-bond donors (Lipinski definition) is 1. The van der Waals surface area contributed by atoms with Crippen LogP contribution in [0.3, 0.4) is 0 Å². The third kappa shape index (κ3) is 2.72. The summed E-state index contributed by atoms with van der Waals surface area (Å²) in [6, 6.07) is 0.215. The van der Waals surface area contributed by atoms with Crippen molar-refractivity contribution in [2.75, 3.05) is 13.7 Å². The minimum atomic E-state index is 0.215. The first-order valence-electron chi connectivity index (χ1n) is 6.28. The van der Waals surface area contributed by atoms with Gasteiger partial charge in [-0.1, -0.05) is 0 Å². The normalized spacial score (nSPS) is 22.6. The Morgan fingerprint density at radius 3 is 3.06 bits per heavy atom. The van der Waals surface area contributed by atoms with Gasteiger partial charge >= 0.3 is 0 Å². The second-order valence-electron chi connectivity index (χ2n) is 4.36. The van der Waals surface area contributed by atoms with Crippen LogP contribution < -0.4 is 5.32 Å². The molecule has 0 bridgehead atoms. The molecule has 17 heavy (non-hydrogen) atoms. The summed E-state index contributed by atoms with van der Waals surface area (Å²) in [7, 11) is 1.99. The number of rotatable bonds is 4. The van der Waals surface area contributed by atoms with Crippen molar-refractivity contribution < 1.29 is 4.74 Å². The highest BCUT2D eigenvalue weighted by molar-refractivity contribution is 9.10. The van der Waals surface area contributed by atoms with Crippen molar-refractivity contribution in [2.45, 2.75) is 44.9 Å². The van der Waals surface area contributed by atoms with Gasteiger partial charge < -0.3 is 10.1 Å². The number of aromatic nitrogens is 2. The molecule has 2 unspecified atom stereocenters. The van der Waals surface area contributed by atoms with E-state index in [-0.39, 0.29) is 12.1 Å². The van der Waals surface area contributed by atoms with Gasteiger partial charge in [-0.2, -0.15) is 5.10 Å². The molecule has 1 fully saturated rings. The van der Waals surface area contributed by atoms with Crippen LogP contribution in [0.1, 0.15) is 37.9 Å². The van der Waals surface area contributed by atoms with Crippen molar-refractivity contribution >= 4 is 15.9 Å². The van der Waals surface area contributed by atoms with E-state index in [1.807, 2.05) is 17.9 Å². The molecule has 2 heterocycles. The van der Waals surface area contributed by atoms with E-state index < -0.39 is 0 Å². The monoisotopic (exact) mass is 301 g/mol. The minimum Gasteiger partial charge on any atom is -0.376 e. The summed E-state index contributed by atoms with van der Waals surface area (Å²) in [5.74, 6) is 0. The topological polar surface area (TPSA) is 39.1 Å². The van der Waals surface area contributed by atoms with Crippen molar-refractivity contribution in [3.05, 3.63) is 16.4 Å². The van der Waals surface area contributed by atoms with Crippen molar-refractivity contribution in [1.29, 1.82) is 0 Å². The van der Waals surface area contributed by atoms with Gasteiger partial charge in [-0.15, -0.1) is 0 Å². The van der Waals surface area contributed by atoms with Gasteiger partial charge in [-0.25, -0.2) is 0 Å². The summed E-state index contributed by atoms with van der Waals surface area (Å²) in [4.78, 5) is 0. The van der Waals surface area contributed by atoms with E-state index in [9.17, 15) is 0 Å². The Hall–Kier alpha value is -0.390. The molecular formula is C12H20BrN3O. The van der Waals surface area contributed by atoms with Crippen LogP contribution in [0.2, 0.25) is 0 Å². The first-order chi connectivity index (χ1) is 8.27. The predicted octanol–water partition coefficient (Wildman–Crippen LogP) is 2.50. The maximum Gasteiger partial charge on any atom is 0.0785 e. The van der Waals surface area contributed by atoms with Gasteiger partial charge in [0.15, 0.2) is 0 Å². The van der Waals surface area contributed by atoms with Gasteiger partial charge in [-0.05, 0) is 49.2 Å². The lowest BCUT2D eigenvalue weighted by Crippen LogP contribution is -2.35. The molecule has 0 aromatic carbocycles. The highest BCUT2D eigenvalue weighted by Crippen LogP contribution is 2.30. The van der Waals surface area contributed by atoms with Crippen LogP contribution in [0.5, 0.6) is 0 Å². The van der Waals surface area contributed by atoms with Gasteiger partial charge in [0, 0.05) is 13.2 Å². The molecule has 1 aromatic rings. The Labute approximate surface area is 111 Å². The molecule has 0 radical (unpaired) electrons. The fourth-order valence-electron chi connectivity index (χ4n) is 2.46. The number of nitrogens with zero attached hydrogens (tertiary/aromatic N) is 2. The zero-order valence-corrected chi connectivity index (χ0v) is 12.0. The molecule has 0 aliphatic carbocycles. The molecule has 0 amide bonds. The molecule has 2 rings (SSSR count). The minimum absolute atomic E-state index is 0.215. The van der Waals surface area contributed by atoms with Crippen LogP contribution in [0.25, 0.3) is 0 Å². The molecule has 5 heteroatoms. The smallest absolute Gasteiger partial charge is 0.0785 e. The van der Waals surface area contributed by atoms with E-state index in [0.29, 0.717) is 0 Å². The van der Waals surface area contributed by atoms with Crippen molar-refractivity contribution in [3.63, 3.8) is 0 Å².